The van der Waals surface area contributed by atoms with E-state index in [1.54, 1.807) is 11.0 Å². The molecular weight excluding hydrogens is 464 g/mol. The van der Waals surface area contributed by atoms with Crippen LogP contribution in [-0.2, 0) is 4.74 Å². The number of rotatable bonds is 6. The second kappa shape index (κ2) is 10.4. The molecule has 2 aromatic carbocycles. The first kappa shape index (κ1) is 23.9. The number of ether oxygens (including phenoxy) is 1. The Balaban J connectivity index is 1.28. The minimum Gasteiger partial charge on any atom is -0.378 e. The van der Waals surface area contributed by atoms with Crippen molar-refractivity contribution in [2.75, 3.05) is 57.4 Å². The quantitative estimate of drug-likeness (QED) is 0.378. The summed E-state index contributed by atoms with van der Waals surface area (Å²) in [6, 6.07) is 14.1. The number of nitro benzene ring substituents is 1. The van der Waals surface area contributed by atoms with Gasteiger partial charge in [-0.15, -0.1) is 0 Å². The van der Waals surface area contributed by atoms with E-state index in [1.165, 1.54) is 12.1 Å². The van der Waals surface area contributed by atoms with E-state index in [0.717, 1.165) is 5.56 Å². The minimum atomic E-state index is -0.465. The van der Waals surface area contributed by atoms with Crippen LogP contribution >= 0.6 is 0 Å². The van der Waals surface area contributed by atoms with Crippen LogP contribution in [0.15, 0.2) is 53.1 Å². The maximum absolute atomic E-state index is 13.5. The van der Waals surface area contributed by atoms with Gasteiger partial charge in [0.1, 0.15) is 0 Å². The van der Waals surface area contributed by atoms with Crippen molar-refractivity contribution in [3.8, 4) is 11.4 Å². The van der Waals surface area contributed by atoms with Crippen molar-refractivity contribution >= 4 is 17.3 Å². The SMILES string of the molecule is CC(c1nc(-c2ccccc2)no1)N1CCN(C(=O)c2cc([N+](=O)[O-])ccc2N2CCOCC2)CC1. The molecule has 3 aromatic rings. The molecule has 36 heavy (non-hydrogen) atoms. The van der Waals surface area contributed by atoms with Crippen LogP contribution in [0, 0.1) is 10.1 Å². The van der Waals surface area contributed by atoms with E-state index in [1.807, 2.05) is 37.3 Å². The lowest BCUT2D eigenvalue weighted by molar-refractivity contribution is -0.384. The molecule has 0 bridgehead atoms. The third-order valence-corrected chi connectivity index (χ3v) is 6.75. The van der Waals surface area contributed by atoms with Gasteiger partial charge in [0.05, 0.1) is 35.4 Å². The Kier molecular flexibility index (Phi) is 6.92. The van der Waals surface area contributed by atoms with Crippen LogP contribution in [0.2, 0.25) is 0 Å². The molecule has 0 N–H and O–H groups in total. The van der Waals surface area contributed by atoms with Gasteiger partial charge in [-0.1, -0.05) is 35.5 Å². The number of nitro groups is 1. The molecule has 11 heteroatoms. The van der Waals surface area contributed by atoms with Gasteiger partial charge in [0, 0.05) is 57.0 Å². The zero-order valence-electron chi connectivity index (χ0n) is 20.1. The first-order chi connectivity index (χ1) is 17.5. The predicted octanol–water partition coefficient (Wildman–Crippen LogP) is 3.00. The first-order valence-electron chi connectivity index (χ1n) is 12.0. The lowest BCUT2D eigenvalue weighted by Crippen LogP contribution is -2.49. The van der Waals surface area contributed by atoms with Crippen LogP contribution < -0.4 is 4.90 Å². The van der Waals surface area contributed by atoms with Gasteiger partial charge in [0.25, 0.3) is 11.6 Å². The third-order valence-electron chi connectivity index (χ3n) is 6.75. The molecule has 0 spiro atoms. The number of carbonyl (C=O) groups is 1. The van der Waals surface area contributed by atoms with Crippen molar-refractivity contribution in [3.05, 3.63) is 70.1 Å². The van der Waals surface area contributed by atoms with Gasteiger partial charge in [-0.25, -0.2) is 0 Å². The Labute approximate surface area is 208 Å². The molecule has 2 fully saturated rings. The Hall–Kier alpha value is -3.83. The maximum Gasteiger partial charge on any atom is 0.270 e. The number of hydrogen-bond acceptors (Lipinski definition) is 9. The van der Waals surface area contributed by atoms with Crippen LogP contribution in [0.25, 0.3) is 11.4 Å². The van der Waals surface area contributed by atoms with Crippen molar-refractivity contribution in [3.63, 3.8) is 0 Å². The molecule has 11 nitrogen and oxygen atoms in total. The Bertz CT molecular complexity index is 1220. The van der Waals surface area contributed by atoms with Crippen LogP contribution in [0.4, 0.5) is 11.4 Å². The average molecular weight is 493 g/mol. The van der Waals surface area contributed by atoms with Gasteiger partial charge in [-0.05, 0) is 13.0 Å². The minimum absolute atomic E-state index is 0.0896. The molecule has 1 aromatic heterocycles. The summed E-state index contributed by atoms with van der Waals surface area (Å²) in [5, 5.41) is 15.5. The predicted molar refractivity (Wildman–Crippen MR) is 132 cm³/mol. The zero-order valence-corrected chi connectivity index (χ0v) is 20.1. The van der Waals surface area contributed by atoms with Crippen molar-refractivity contribution in [1.29, 1.82) is 0 Å². The third kappa shape index (κ3) is 4.93. The van der Waals surface area contributed by atoms with Crippen molar-refractivity contribution in [2.24, 2.45) is 0 Å². The van der Waals surface area contributed by atoms with Crippen LogP contribution in [0.5, 0.6) is 0 Å². The lowest BCUT2D eigenvalue weighted by atomic mass is 10.1. The summed E-state index contributed by atoms with van der Waals surface area (Å²) in [4.78, 5) is 35.0. The van der Waals surface area contributed by atoms with Gasteiger partial charge < -0.3 is 19.1 Å². The highest BCUT2D eigenvalue weighted by atomic mass is 16.6. The zero-order chi connectivity index (χ0) is 25.1. The highest BCUT2D eigenvalue weighted by Gasteiger charge is 2.30. The molecule has 1 amide bonds. The van der Waals surface area contributed by atoms with E-state index in [2.05, 4.69) is 19.9 Å². The second-order valence-electron chi connectivity index (χ2n) is 8.88. The normalized spacial score (nSPS) is 17.7. The number of benzene rings is 2. The highest BCUT2D eigenvalue weighted by Crippen LogP contribution is 2.29. The Morgan fingerprint density at radius 3 is 2.44 bits per heavy atom. The number of hydrogen-bond donors (Lipinski definition) is 0. The molecular formula is C25H28N6O5. The van der Waals surface area contributed by atoms with Crippen molar-refractivity contribution < 1.29 is 19.0 Å². The molecule has 2 aliphatic heterocycles. The van der Waals surface area contributed by atoms with E-state index >= 15 is 0 Å². The molecule has 188 valence electrons. The molecule has 5 rings (SSSR count). The standard InChI is InChI=1S/C25H28N6O5/c1-18(24-26-23(27-36-24)19-5-3-2-4-6-19)28-9-11-30(12-10-28)25(32)21-17-20(31(33)34)7-8-22(21)29-13-15-35-16-14-29/h2-8,17-18H,9-16H2,1H3. The van der Waals surface area contributed by atoms with Gasteiger partial charge in [0.15, 0.2) is 0 Å². The molecule has 0 saturated carbocycles. The van der Waals surface area contributed by atoms with E-state index in [0.29, 0.717) is 75.4 Å². The number of non-ortho nitro benzene ring substituents is 1. The topological polar surface area (TPSA) is 118 Å². The van der Waals surface area contributed by atoms with Gasteiger partial charge in [-0.3, -0.25) is 19.8 Å². The average Bonchev–Trinajstić information content (AvgIpc) is 3.43. The fraction of sp³-hybridized carbons (Fsp3) is 0.400. The summed E-state index contributed by atoms with van der Waals surface area (Å²) < 4.78 is 11.0. The molecule has 3 heterocycles. The molecule has 2 saturated heterocycles. The van der Waals surface area contributed by atoms with Crippen LogP contribution in [-0.4, -0.2) is 83.3 Å². The maximum atomic E-state index is 13.5. The Morgan fingerprint density at radius 1 is 1.03 bits per heavy atom. The van der Waals surface area contributed by atoms with E-state index in [9.17, 15) is 14.9 Å². The van der Waals surface area contributed by atoms with E-state index in [4.69, 9.17) is 9.26 Å². The lowest BCUT2D eigenvalue weighted by Gasteiger charge is -2.37. The summed E-state index contributed by atoms with van der Waals surface area (Å²) in [5.74, 6) is 0.881. The molecule has 1 unspecified atom stereocenters. The Morgan fingerprint density at radius 2 is 1.75 bits per heavy atom. The second-order valence-corrected chi connectivity index (χ2v) is 8.88. The summed E-state index contributed by atoms with van der Waals surface area (Å²) in [5.41, 5.74) is 1.87. The number of aromatic nitrogens is 2. The van der Waals surface area contributed by atoms with Crippen LogP contribution in [0.1, 0.15) is 29.2 Å². The highest BCUT2D eigenvalue weighted by molar-refractivity contribution is 6.00. The molecule has 0 radical (unpaired) electrons. The van der Waals surface area contributed by atoms with E-state index in [-0.39, 0.29) is 17.6 Å². The van der Waals surface area contributed by atoms with Gasteiger partial charge in [0.2, 0.25) is 11.7 Å². The number of piperazine rings is 1. The summed E-state index contributed by atoms with van der Waals surface area (Å²) in [6.07, 6.45) is 0. The first-order valence-corrected chi connectivity index (χ1v) is 12.0. The monoisotopic (exact) mass is 492 g/mol. The number of amides is 1. The fourth-order valence-corrected chi connectivity index (χ4v) is 4.64. The number of morpholine rings is 1. The number of nitrogens with zero attached hydrogens (tertiary/aromatic N) is 6. The largest absolute Gasteiger partial charge is 0.378 e. The van der Waals surface area contributed by atoms with Crippen molar-refractivity contribution in [2.45, 2.75) is 13.0 Å². The smallest absolute Gasteiger partial charge is 0.270 e. The summed E-state index contributed by atoms with van der Waals surface area (Å²) in [6.45, 7) is 6.64. The van der Waals surface area contributed by atoms with Crippen molar-refractivity contribution in [1.82, 2.24) is 19.9 Å². The fourth-order valence-electron chi connectivity index (χ4n) is 4.64. The molecule has 0 aliphatic carbocycles. The van der Waals surface area contributed by atoms with Crippen LogP contribution in [0.3, 0.4) is 0 Å². The summed E-state index contributed by atoms with van der Waals surface area (Å²) in [7, 11) is 0. The van der Waals surface area contributed by atoms with Gasteiger partial charge >= 0.3 is 0 Å². The summed E-state index contributed by atoms with van der Waals surface area (Å²) >= 11 is 0. The molecule has 2 aliphatic rings. The van der Waals surface area contributed by atoms with E-state index < -0.39 is 4.92 Å². The molecule has 1 atom stereocenters. The number of carbonyl (C=O) groups excluding carboxylic acids is 1. The van der Waals surface area contributed by atoms with Gasteiger partial charge in [-0.2, -0.15) is 4.98 Å². The number of anilines is 1.